The van der Waals surface area contributed by atoms with Crippen LogP contribution in [0.1, 0.15) is 76.8 Å². The fraction of sp³-hybridized carbons (Fsp3) is 0.632. The summed E-state index contributed by atoms with van der Waals surface area (Å²) in [5, 5.41) is 6.47. The first-order valence-electron chi connectivity index (χ1n) is 8.60. The van der Waals surface area contributed by atoms with Crippen molar-refractivity contribution < 1.29 is 4.79 Å². The molecule has 0 radical (unpaired) electrons. The highest BCUT2D eigenvalue weighted by atomic mass is 16.1. The number of amides is 1. The van der Waals surface area contributed by atoms with Crippen LogP contribution in [0.15, 0.2) is 18.2 Å². The summed E-state index contributed by atoms with van der Waals surface area (Å²) in [5.74, 6) is 0.896. The summed E-state index contributed by atoms with van der Waals surface area (Å²) in [6, 6.07) is 6.32. The van der Waals surface area contributed by atoms with Crippen LogP contribution < -0.4 is 10.6 Å². The molecule has 3 heteroatoms. The predicted molar refractivity (Wildman–Crippen MR) is 95.6 cm³/mol. The summed E-state index contributed by atoms with van der Waals surface area (Å²) >= 11 is 0. The van der Waals surface area contributed by atoms with Crippen molar-refractivity contribution in [3.63, 3.8) is 0 Å². The fourth-order valence-electron chi connectivity index (χ4n) is 2.53. The van der Waals surface area contributed by atoms with Crippen LogP contribution in [0.25, 0.3) is 0 Å². The van der Waals surface area contributed by atoms with E-state index in [4.69, 9.17) is 0 Å². The molecule has 2 N–H and O–H groups in total. The summed E-state index contributed by atoms with van der Waals surface area (Å²) in [4.78, 5) is 12.2. The van der Waals surface area contributed by atoms with Gasteiger partial charge in [-0.05, 0) is 35.9 Å². The Morgan fingerprint density at radius 1 is 1.05 bits per heavy atom. The number of para-hydroxylation sites is 1. The quantitative estimate of drug-likeness (QED) is 0.652. The molecule has 0 bridgehead atoms. The zero-order chi connectivity index (χ0) is 16.5. The number of hydrogen-bond acceptors (Lipinski definition) is 2. The van der Waals surface area contributed by atoms with E-state index < -0.39 is 0 Å². The number of rotatable bonds is 9. The van der Waals surface area contributed by atoms with Crippen LogP contribution in [0.3, 0.4) is 0 Å². The zero-order valence-corrected chi connectivity index (χ0v) is 14.8. The summed E-state index contributed by atoms with van der Waals surface area (Å²) in [6.45, 7) is 12.6. The smallest absolute Gasteiger partial charge is 0.225 e. The molecule has 1 amide bonds. The number of hydrogen-bond donors (Lipinski definition) is 2. The van der Waals surface area contributed by atoms with Gasteiger partial charge in [0.1, 0.15) is 0 Å². The van der Waals surface area contributed by atoms with Crippen molar-refractivity contribution in [2.45, 2.75) is 65.7 Å². The van der Waals surface area contributed by atoms with Gasteiger partial charge in [0.25, 0.3) is 0 Å². The molecule has 3 nitrogen and oxygen atoms in total. The number of anilines is 1. The van der Waals surface area contributed by atoms with E-state index in [1.165, 1.54) is 17.5 Å². The summed E-state index contributed by atoms with van der Waals surface area (Å²) < 4.78 is 0. The van der Waals surface area contributed by atoms with Gasteiger partial charge in [-0.25, -0.2) is 0 Å². The molecule has 0 aliphatic heterocycles. The topological polar surface area (TPSA) is 41.1 Å². The van der Waals surface area contributed by atoms with Gasteiger partial charge in [0, 0.05) is 18.7 Å². The van der Waals surface area contributed by atoms with Gasteiger partial charge in [-0.2, -0.15) is 0 Å². The number of benzene rings is 1. The van der Waals surface area contributed by atoms with Crippen molar-refractivity contribution in [3.8, 4) is 0 Å². The van der Waals surface area contributed by atoms with Crippen LogP contribution in [-0.2, 0) is 4.79 Å². The largest absolute Gasteiger partial charge is 0.326 e. The third-order valence-corrected chi connectivity index (χ3v) is 3.87. The Morgan fingerprint density at radius 2 is 1.64 bits per heavy atom. The van der Waals surface area contributed by atoms with Gasteiger partial charge in [-0.1, -0.05) is 59.2 Å². The van der Waals surface area contributed by atoms with E-state index >= 15 is 0 Å². The number of unbranched alkanes of at least 4 members (excludes halogenated alkanes) is 1. The van der Waals surface area contributed by atoms with E-state index in [-0.39, 0.29) is 5.91 Å². The van der Waals surface area contributed by atoms with Crippen LogP contribution in [0.2, 0.25) is 0 Å². The molecule has 1 rings (SSSR count). The zero-order valence-electron chi connectivity index (χ0n) is 14.8. The molecule has 1 aromatic carbocycles. The molecule has 124 valence electrons. The number of nitrogens with one attached hydrogen (secondary N) is 2. The third-order valence-electron chi connectivity index (χ3n) is 3.87. The van der Waals surface area contributed by atoms with Crippen molar-refractivity contribution in [1.29, 1.82) is 0 Å². The minimum absolute atomic E-state index is 0.0963. The second-order valence-corrected chi connectivity index (χ2v) is 6.52. The van der Waals surface area contributed by atoms with Crippen molar-refractivity contribution in [2.24, 2.45) is 0 Å². The van der Waals surface area contributed by atoms with Crippen LogP contribution in [-0.4, -0.2) is 19.0 Å². The van der Waals surface area contributed by atoms with Gasteiger partial charge >= 0.3 is 0 Å². The van der Waals surface area contributed by atoms with Crippen LogP contribution >= 0.6 is 0 Å². The number of carbonyl (C=O) groups is 1. The molecule has 0 aliphatic carbocycles. The molecule has 0 saturated heterocycles. The molecule has 0 atom stereocenters. The Labute approximate surface area is 135 Å². The highest BCUT2D eigenvalue weighted by Gasteiger charge is 2.15. The Bertz CT molecular complexity index is 440. The lowest BCUT2D eigenvalue weighted by molar-refractivity contribution is -0.116. The average molecular weight is 304 g/mol. The molecule has 0 heterocycles. The van der Waals surface area contributed by atoms with Crippen LogP contribution in [0, 0.1) is 0 Å². The van der Waals surface area contributed by atoms with Gasteiger partial charge < -0.3 is 10.6 Å². The second-order valence-electron chi connectivity index (χ2n) is 6.52. The highest BCUT2D eigenvalue weighted by Crippen LogP contribution is 2.32. The monoisotopic (exact) mass is 304 g/mol. The van der Waals surface area contributed by atoms with Crippen molar-refractivity contribution in [2.75, 3.05) is 18.4 Å². The summed E-state index contributed by atoms with van der Waals surface area (Å²) in [6.07, 6.45) is 2.86. The van der Waals surface area contributed by atoms with Gasteiger partial charge in [0.05, 0.1) is 0 Å². The minimum Gasteiger partial charge on any atom is -0.326 e. The molecule has 22 heavy (non-hydrogen) atoms. The Morgan fingerprint density at radius 3 is 2.14 bits per heavy atom. The molecular formula is C19H32N2O. The molecule has 1 aromatic rings. The maximum Gasteiger partial charge on any atom is 0.225 e. The van der Waals surface area contributed by atoms with Crippen molar-refractivity contribution >= 4 is 11.6 Å². The SMILES string of the molecule is CCCCNCCC(=O)Nc1c(C(C)C)cccc1C(C)C. The van der Waals surface area contributed by atoms with Crippen molar-refractivity contribution in [3.05, 3.63) is 29.3 Å². The predicted octanol–water partition coefficient (Wildman–Crippen LogP) is 4.65. The van der Waals surface area contributed by atoms with Gasteiger partial charge in [0.2, 0.25) is 5.91 Å². The van der Waals surface area contributed by atoms with Crippen molar-refractivity contribution in [1.82, 2.24) is 5.32 Å². The Kier molecular flexibility index (Phi) is 8.18. The first-order chi connectivity index (χ1) is 10.5. The van der Waals surface area contributed by atoms with E-state index in [0.717, 1.165) is 25.2 Å². The first kappa shape index (κ1) is 18.7. The average Bonchev–Trinajstić information content (AvgIpc) is 2.46. The van der Waals surface area contributed by atoms with Crippen LogP contribution in [0.5, 0.6) is 0 Å². The highest BCUT2D eigenvalue weighted by molar-refractivity contribution is 5.92. The Hall–Kier alpha value is -1.35. The van der Waals surface area contributed by atoms with E-state index in [9.17, 15) is 4.79 Å². The lowest BCUT2D eigenvalue weighted by Crippen LogP contribution is -2.23. The first-order valence-corrected chi connectivity index (χ1v) is 8.60. The maximum atomic E-state index is 12.2. The maximum absolute atomic E-state index is 12.2. The molecule has 0 unspecified atom stereocenters. The van der Waals surface area contributed by atoms with Crippen LogP contribution in [0.4, 0.5) is 5.69 Å². The van der Waals surface area contributed by atoms with Gasteiger partial charge in [-0.15, -0.1) is 0 Å². The van der Waals surface area contributed by atoms with E-state index in [1.807, 2.05) is 0 Å². The minimum atomic E-state index is 0.0963. The number of carbonyl (C=O) groups excluding carboxylic acids is 1. The molecule has 0 fully saturated rings. The molecular weight excluding hydrogens is 272 g/mol. The summed E-state index contributed by atoms with van der Waals surface area (Å²) in [5.41, 5.74) is 3.46. The third kappa shape index (κ3) is 5.80. The molecule has 0 spiro atoms. The lowest BCUT2D eigenvalue weighted by atomic mass is 9.92. The van der Waals surface area contributed by atoms with E-state index in [0.29, 0.717) is 18.3 Å². The lowest BCUT2D eigenvalue weighted by Gasteiger charge is -2.20. The van der Waals surface area contributed by atoms with Gasteiger partial charge in [0.15, 0.2) is 0 Å². The molecule has 0 saturated carbocycles. The standard InChI is InChI=1S/C19H32N2O/c1-6-7-12-20-13-11-18(22)21-19-16(14(2)3)9-8-10-17(19)15(4)5/h8-10,14-15,20H,6-7,11-13H2,1-5H3,(H,21,22). The Balaban J connectivity index is 2.72. The summed E-state index contributed by atoms with van der Waals surface area (Å²) in [7, 11) is 0. The normalized spacial score (nSPS) is 11.2. The second kappa shape index (κ2) is 9.62. The van der Waals surface area contributed by atoms with E-state index in [1.54, 1.807) is 0 Å². The molecule has 0 aromatic heterocycles. The van der Waals surface area contributed by atoms with Gasteiger partial charge in [-0.3, -0.25) is 4.79 Å². The van der Waals surface area contributed by atoms with E-state index in [2.05, 4.69) is 63.5 Å². The molecule has 0 aliphatic rings. The fourth-order valence-corrected chi connectivity index (χ4v) is 2.53.